The molecule has 0 fully saturated rings. The molecule has 116 valence electrons. The Bertz CT molecular complexity index is 481. The first kappa shape index (κ1) is 17.7. The van der Waals surface area contributed by atoms with Gasteiger partial charge >= 0.3 is 0 Å². The molecule has 0 amide bonds. The van der Waals surface area contributed by atoms with Crippen LogP contribution in [0.25, 0.3) is 0 Å². The third-order valence-electron chi connectivity index (χ3n) is 4.83. The van der Waals surface area contributed by atoms with Gasteiger partial charge in [-0.1, -0.05) is 53.7 Å². The van der Waals surface area contributed by atoms with Gasteiger partial charge in [0.2, 0.25) is 0 Å². The predicted octanol–water partition coefficient (Wildman–Crippen LogP) is 6.61. The smallest absolute Gasteiger partial charge is 0.0918 e. The molecule has 0 aliphatic carbocycles. The molecule has 3 unspecified atom stereocenters. The van der Waals surface area contributed by atoms with Gasteiger partial charge in [0.15, 0.2) is 0 Å². The molecule has 21 heavy (non-hydrogen) atoms. The highest BCUT2D eigenvalue weighted by atomic mass is 14.7. The summed E-state index contributed by atoms with van der Waals surface area (Å²) in [6, 6.07) is 6.88. The van der Waals surface area contributed by atoms with Gasteiger partial charge in [-0.3, -0.25) is 0 Å². The molecule has 1 N–H and O–H groups in total. The van der Waals surface area contributed by atoms with Crippen molar-refractivity contribution in [3.63, 3.8) is 0 Å². The molecule has 0 radical (unpaired) electrons. The molecule has 1 rings (SSSR count). The van der Waals surface area contributed by atoms with E-state index in [1.165, 1.54) is 16.7 Å². The van der Waals surface area contributed by atoms with Crippen LogP contribution in [0, 0.1) is 5.41 Å². The van der Waals surface area contributed by atoms with Crippen molar-refractivity contribution < 1.29 is 0 Å². The predicted molar refractivity (Wildman–Crippen MR) is 92.4 cm³/mol. The zero-order valence-electron chi connectivity index (χ0n) is 14.5. The van der Waals surface area contributed by atoms with E-state index in [-0.39, 0.29) is 0 Å². The van der Waals surface area contributed by atoms with Gasteiger partial charge in [0, 0.05) is 0 Å². The minimum atomic E-state index is 0.462. The fourth-order valence-corrected chi connectivity index (χ4v) is 2.60. The van der Waals surface area contributed by atoms with Gasteiger partial charge in [-0.25, -0.2) is 5.41 Å². The molecule has 0 saturated carbocycles. The van der Waals surface area contributed by atoms with Crippen molar-refractivity contribution in [2.24, 2.45) is 4.99 Å². The van der Waals surface area contributed by atoms with Crippen molar-refractivity contribution in [3.8, 4) is 0 Å². The maximum Gasteiger partial charge on any atom is 0.0918 e. The number of hydrogen-bond acceptors (Lipinski definition) is 2. The Labute approximate surface area is 130 Å². The third kappa shape index (κ3) is 4.04. The first-order valence-electron chi connectivity index (χ1n) is 8.30. The van der Waals surface area contributed by atoms with Crippen LogP contribution in [0.15, 0.2) is 17.1 Å². The molecular formula is C19H30N2. The average Bonchev–Trinajstić information content (AvgIpc) is 2.52. The van der Waals surface area contributed by atoms with Crippen molar-refractivity contribution in [2.45, 2.75) is 78.6 Å². The summed E-state index contributed by atoms with van der Waals surface area (Å²) in [5, 5.41) is 7.29. The summed E-state index contributed by atoms with van der Waals surface area (Å²) in [4.78, 5) is 4.29. The second kappa shape index (κ2) is 8.14. The fourth-order valence-electron chi connectivity index (χ4n) is 2.60. The lowest BCUT2D eigenvalue weighted by Crippen LogP contribution is -2.03. The zero-order chi connectivity index (χ0) is 16.0. The van der Waals surface area contributed by atoms with E-state index < -0.39 is 0 Å². The van der Waals surface area contributed by atoms with E-state index >= 15 is 0 Å². The van der Waals surface area contributed by atoms with E-state index in [9.17, 15) is 0 Å². The number of nitrogens with one attached hydrogen (secondary N) is 1. The molecule has 0 spiro atoms. The molecule has 0 aliphatic heterocycles. The zero-order valence-corrected chi connectivity index (χ0v) is 14.5. The second-order valence-corrected chi connectivity index (χ2v) is 6.20. The van der Waals surface area contributed by atoms with Gasteiger partial charge in [0.05, 0.1) is 11.7 Å². The summed E-state index contributed by atoms with van der Waals surface area (Å²) in [5.41, 5.74) is 4.96. The van der Waals surface area contributed by atoms with Crippen LogP contribution in [-0.4, -0.2) is 6.01 Å². The summed E-state index contributed by atoms with van der Waals surface area (Å²) in [7, 11) is 0. The lowest BCUT2D eigenvalue weighted by molar-refractivity contribution is 0.691. The van der Waals surface area contributed by atoms with Crippen LogP contribution < -0.4 is 0 Å². The summed E-state index contributed by atoms with van der Waals surface area (Å²) in [6.07, 6.45) is 3.32. The summed E-state index contributed by atoms with van der Waals surface area (Å²) in [5.74, 6) is 1.49. The van der Waals surface area contributed by atoms with Gasteiger partial charge < -0.3 is 0 Å². The van der Waals surface area contributed by atoms with Crippen molar-refractivity contribution in [1.82, 2.24) is 0 Å². The molecular weight excluding hydrogens is 256 g/mol. The summed E-state index contributed by atoms with van der Waals surface area (Å²) in [6.45, 7) is 13.4. The van der Waals surface area contributed by atoms with E-state index in [0.717, 1.165) is 24.9 Å². The normalized spacial score (nSPS) is 15.1. The van der Waals surface area contributed by atoms with Crippen LogP contribution in [0.5, 0.6) is 0 Å². The van der Waals surface area contributed by atoms with Crippen LogP contribution in [0.4, 0.5) is 5.69 Å². The van der Waals surface area contributed by atoms with Crippen molar-refractivity contribution >= 4 is 11.7 Å². The van der Waals surface area contributed by atoms with Crippen molar-refractivity contribution in [1.29, 1.82) is 5.41 Å². The van der Waals surface area contributed by atoms with Crippen LogP contribution in [0.2, 0.25) is 0 Å². The largest absolute Gasteiger partial charge is 0.241 e. The van der Waals surface area contributed by atoms with E-state index in [1.807, 2.05) is 0 Å². The molecule has 0 bridgehead atoms. The topological polar surface area (TPSA) is 36.2 Å². The molecule has 0 aromatic heterocycles. The Hall–Kier alpha value is -1.40. The molecule has 0 aliphatic rings. The van der Waals surface area contributed by atoms with E-state index in [1.54, 1.807) is 0 Å². The van der Waals surface area contributed by atoms with E-state index in [2.05, 4.69) is 64.7 Å². The Morgan fingerprint density at radius 1 is 0.905 bits per heavy atom. The number of rotatable bonds is 7. The third-order valence-corrected chi connectivity index (χ3v) is 4.83. The molecule has 2 nitrogen and oxygen atoms in total. The van der Waals surface area contributed by atoms with E-state index in [0.29, 0.717) is 17.8 Å². The summed E-state index contributed by atoms with van der Waals surface area (Å²) >= 11 is 0. The molecule has 1 aromatic carbocycles. The number of aliphatic imine (C=N–C) groups is 1. The number of benzene rings is 1. The molecule has 3 atom stereocenters. The maximum absolute atomic E-state index is 7.29. The highest BCUT2D eigenvalue weighted by Crippen LogP contribution is 2.39. The Morgan fingerprint density at radius 2 is 1.33 bits per heavy atom. The van der Waals surface area contributed by atoms with Crippen LogP contribution in [0.3, 0.4) is 0 Å². The first-order chi connectivity index (χ1) is 9.99. The average molecular weight is 286 g/mol. The van der Waals surface area contributed by atoms with Gasteiger partial charge in [-0.15, -0.1) is 0 Å². The lowest BCUT2D eigenvalue weighted by Gasteiger charge is -2.22. The molecule has 2 heteroatoms. The van der Waals surface area contributed by atoms with Crippen molar-refractivity contribution in [2.75, 3.05) is 0 Å². The molecule has 0 saturated heterocycles. The van der Waals surface area contributed by atoms with Crippen molar-refractivity contribution in [3.05, 3.63) is 28.8 Å². The Balaban J connectivity index is 3.60. The Morgan fingerprint density at radius 3 is 1.67 bits per heavy atom. The lowest BCUT2D eigenvalue weighted by atomic mass is 9.84. The first-order valence-corrected chi connectivity index (χ1v) is 8.30. The molecule has 0 heterocycles. The SMILES string of the molecule is CCC(C)c1cc(C(C)CC)c(N=C=N)c(C(C)CC)c1. The van der Waals surface area contributed by atoms with Gasteiger partial charge in [0.1, 0.15) is 0 Å². The minimum absolute atomic E-state index is 0.462. The van der Waals surface area contributed by atoms with Crippen LogP contribution in [-0.2, 0) is 0 Å². The van der Waals surface area contributed by atoms with Crippen LogP contribution >= 0.6 is 0 Å². The standard InChI is InChI=1S/C19H30N2/c1-7-13(4)16-10-17(14(5)8-2)19(21-12-20)18(11-16)15(6)9-3/h10-11,13-15,20H,7-9H2,1-6H3. The minimum Gasteiger partial charge on any atom is -0.241 e. The quantitative estimate of drug-likeness (QED) is 0.547. The van der Waals surface area contributed by atoms with E-state index in [4.69, 9.17) is 5.41 Å². The Kier molecular flexibility index (Phi) is 6.84. The number of nitrogens with zero attached hydrogens (tertiary/aromatic N) is 1. The van der Waals surface area contributed by atoms with Crippen LogP contribution in [0.1, 0.15) is 95.2 Å². The van der Waals surface area contributed by atoms with Gasteiger partial charge in [0.25, 0.3) is 0 Å². The van der Waals surface area contributed by atoms with Gasteiger partial charge in [-0.05, 0) is 53.7 Å². The fraction of sp³-hybridized carbons (Fsp3) is 0.632. The maximum atomic E-state index is 7.29. The summed E-state index contributed by atoms with van der Waals surface area (Å²) < 4.78 is 0. The highest BCUT2D eigenvalue weighted by molar-refractivity contribution is 5.62. The second-order valence-electron chi connectivity index (χ2n) is 6.20. The monoisotopic (exact) mass is 286 g/mol. The molecule has 1 aromatic rings. The number of hydrogen-bond donors (Lipinski definition) is 1. The van der Waals surface area contributed by atoms with Gasteiger partial charge in [-0.2, -0.15) is 4.99 Å². The highest BCUT2D eigenvalue weighted by Gasteiger charge is 2.19.